The molecule has 1 aliphatic heterocycles. The van der Waals surface area contributed by atoms with Crippen LogP contribution in [0, 0.1) is 5.82 Å². The van der Waals surface area contributed by atoms with Crippen molar-refractivity contribution in [3.05, 3.63) is 94.8 Å². The summed E-state index contributed by atoms with van der Waals surface area (Å²) in [7, 11) is 3.86. The van der Waals surface area contributed by atoms with Crippen molar-refractivity contribution in [2.75, 3.05) is 31.3 Å². The highest BCUT2D eigenvalue weighted by molar-refractivity contribution is 6.06. The molecule has 2 aromatic carbocycles. The second-order valence-corrected chi connectivity index (χ2v) is 9.71. The SMILES string of the molecule is CC1=C(C(=O)Nc2ccc3cnccc3c2)C(c2ccc(C(F)(F)F)c(F)c2)n2nc(CCN(C)C)cc2N1. The molecule has 0 fully saturated rings. The summed E-state index contributed by atoms with van der Waals surface area (Å²) in [4.78, 5) is 19.8. The lowest BCUT2D eigenvalue weighted by molar-refractivity contribution is -0.140. The lowest BCUT2D eigenvalue weighted by atomic mass is 9.93. The summed E-state index contributed by atoms with van der Waals surface area (Å²) in [5.41, 5.74) is 0.730. The number of alkyl halides is 3. The molecule has 3 heterocycles. The zero-order chi connectivity index (χ0) is 27.9. The molecular weight excluding hydrogens is 512 g/mol. The van der Waals surface area contributed by atoms with Gasteiger partial charge in [-0.15, -0.1) is 0 Å². The minimum atomic E-state index is -4.84. The predicted molar refractivity (Wildman–Crippen MR) is 141 cm³/mol. The Balaban J connectivity index is 1.56. The molecule has 5 rings (SSSR count). The summed E-state index contributed by atoms with van der Waals surface area (Å²) in [6.45, 7) is 2.41. The maximum absolute atomic E-state index is 14.7. The molecule has 1 aliphatic rings. The number of fused-ring (bicyclic) bond motifs is 2. The zero-order valence-corrected chi connectivity index (χ0v) is 21.5. The monoisotopic (exact) mass is 538 g/mol. The second-order valence-electron chi connectivity index (χ2n) is 9.71. The van der Waals surface area contributed by atoms with Crippen LogP contribution in [0.15, 0.2) is 72.2 Å². The minimum Gasteiger partial charge on any atom is -0.344 e. The van der Waals surface area contributed by atoms with Gasteiger partial charge in [0.25, 0.3) is 5.91 Å². The van der Waals surface area contributed by atoms with E-state index in [9.17, 15) is 22.4 Å². The first-order valence-electron chi connectivity index (χ1n) is 12.2. The number of nitrogens with zero attached hydrogens (tertiary/aromatic N) is 4. The Labute approximate surface area is 222 Å². The van der Waals surface area contributed by atoms with Gasteiger partial charge in [-0.1, -0.05) is 12.1 Å². The van der Waals surface area contributed by atoms with Crippen molar-refractivity contribution in [3.63, 3.8) is 0 Å². The van der Waals surface area contributed by atoms with Crippen LogP contribution in [-0.4, -0.2) is 46.2 Å². The molecule has 1 atom stereocenters. The van der Waals surface area contributed by atoms with E-state index in [0.717, 1.165) is 22.5 Å². The molecule has 7 nitrogen and oxygen atoms in total. The van der Waals surface area contributed by atoms with E-state index in [0.29, 0.717) is 36.2 Å². The van der Waals surface area contributed by atoms with Crippen molar-refractivity contribution in [2.24, 2.45) is 0 Å². The van der Waals surface area contributed by atoms with Crippen LogP contribution in [0.5, 0.6) is 0 Å². The molecule has 0 spiro atoms. The van der Waals surface area contributed by atoms with E-state index < -0.39 is 29.5 Å². The number of likely N-dealkylation sites (N-methyl/N-ethyl adjacent to an activating group) is 1. The molecule has 2 aromatic heterocycles. The molecule has 0 saturated carbocycles. The number of aromatic nitrogens is 3. The number of nitrogens with one attached hydrogen (secondary N) is 2. The lowest BCUT2D eigenvalue weighted by Crippen LogP contribution is -2.31. The number of anilines is 2. The van der Waals surface area contributed by atoms with Gasteiger partial charge in [0.05, 0.1) is 16.8 Å². The highest BCUT2D eigenvalue weighted by Gasteiger charge is 2.37. The highest BCUT2D eigenvalue weighted by atomic mass is 19.4. The standard InChI is InChI=1S/C28H26F4N6O/c1-16-25(27(39)35-20-6-4-19-15-33-10-8-17(19)12-20)26(18-5-7-22(23(29)13-18)28(30,31)32)38-24(34-16)14-21(36-38)9-11-37(2)3/h4-8,10,12-15,26,34H,9,11H2,1-3H3,(H,35,39). The van der Waals surface area contributed by atoms with Crippen LogP contribution >= 0.6 is 0 Å². The molecule has 0 saturated heterocycles. The van der Waals surface area contributed by atoms with E-state index in [1.165, 1.54) is 10.7 Å². The van der Waals surface area contributed by atoms with E-state index >= 15 is 0 Å². The quantitative estimate of drug-likeness (QED) is 0.312. The van der Waals surface area contributed by atoms with Crippen molar-refractivity contribution in [3.8, 4) is 0 Å². The van der Waals surface area contributed by atoms with Crippen LogP contribution in [0.4, 0.5) is 29.1 Å². The Morgan fingerprint density at radius 2 is 1.90 bits per heavy atom. The first-order valence-corrected chi connectivity index (χ1v) is 12.2. The third-order valence-corrected chi connectivity index (χ3v) is 6.60. The molecule has 2 N–H and O–H groups in total. The third-order valence-electron chi connectivity index (χ3n) is 6.60. The van der Waals surface area contributed by atoms with Gasteiger partial charge in [-0.05, 0) is 62.3 Å². The molecule has 0 bridgehead atoms. The van der Waals surface area contributed by atoms with E-state index in [2.05, 4.69) is 20.7 Å². The second kappa shape index (κ2) is 10.1. The van der Waals surface area contributed by atoms with Gasteiger partial charge in [-0.3, -0.25) is 9.78 Å². The summed E-state index contributed by atoms with van der Waals surface area (Å²) in [6, 6.07) is 10.8. The van der Waals surface area contributed by atoms with Crippen LogP contribution < -0.4 is 10.6 Å². The molecule has 1 amide bonds. The van der Waals surface area contributed by atoms with Crippen LogP contribution in [-0.2, 0) is 17.4 Å². The molecule has 1 unspecified atom stereocenters. The van der Waals surface area contributed by atoms with Gasteiger partial charge in [0.15, 0.2) is 0 Å². The molecular formula is C28H26F4N6O. The summed E-state index contributed by atoms with van der Waals surface area (Å²) < 4.78 is 56.1. The zero-order valence-electron chi connectivity index (χ0n) is 21.5. The first-order chi connectivity index (χ1) is 18.5. The fourth-order valence-electron chi connectivity index (χ4n) is 4.68. The van der Waals surface area contributed by atoms with Crippen LogP contribution in [0.3, 0.4) is 0 Å². The average molecular weight is 539 g/mol. The first kappa shape index (κ1) is 26.4. The topological polar surface area (TPSA) is 75.1 Å². The molecule has 11 heteroatoms. The Kier molecular flexibility index (Phi) is 6.85. The van der Waals surface area contributed by atoms with Crippen LogP contribution in [0.1, 0.15) is 29.8 Å². The normalized spacial score (nSPS) is 15.4. The lowest BCUT2D eigenvalue weighted by Gasteiger charge is -2.30. The number of rotatable bonds is 6. The number of benzene rings is 2. The maximum atomic E-state index is 14.7. The average Bonchev–Trinajstić information content (AvgIpc) is 3.28. The number of carbonyl (C=O) groups is 1. The number of allylic oxidation sites excluding steroid dienone is 1. The van der Waals surface area contributed by atoms with Gasteiger partial charge in [-0.2, -0.15) is 18.3 Å². The van der Waals surface area contributed by atoms with Crippen LogP contribution in [0.25, 0.3) is 10.8 Å². The van der Waals surface area contributed by atoms with Gasteiger partial charge in [0.2, 0.25) is 0 Å². The number of halogens is 4. The number of hydrogen-bond donors (Lipinski definition) is 2. The van der Waals surface area contributed by atoms with E-state index in [-0.39, 0.29) is 11.1 Å². The summed E-state index contributed by atoms with van der Waals surface area (Å²) >= 11 is 0. The van der Waals surface area contributed by atoms with Gasteiger partial charge < -0.3 is 15.5 Å². The third kappa shape index (κ3) is 5.35. The minimum absolute atomic E-state index is 0.166. The molecule has 39 heavy (non-hydrogen) atoms. The fourth-order valence-corrected chi connectivity index (χ4v) is 4.68. The van der Waals surface area contributed by atoms with Gasteiger partial charge in [0, 0.05) is 48.2 Å². The van der Waals surface area contributed by atoms with Gasteiger partial charge >= 0.3 is 6.18 Å². The van der Waals surface area contributed by atoms with Gasteiger partial charge in [-0.25, -0.2) is 9.07 Å². The number of carbonyl (C=O) groups excluding carboxylic acids is 1. The van der Waals surface area contributed by atoms with Crippen molar-refractivity contribution in [1.29, 1.82) is 0 Å². The van der Waals surface area contributed by atoms with E-state index in [4.69, 9.17) is 0 Å². The molecule has 202 valence electrons. The fraction of sp³-hybridized carbons (Fsp3) is 0.250. The number of hydrogen-bond acceptors (Lipinski definition) is 5. The Morgan fingerprint density at radius 1 is 1.10 bits per heavy atom. The van der Waals surface area contributed by atoms with Crippen molar-refractivity contribution in [2.45, 2.75) is 25.6 Å². The Morgan fingerprint density at radius 3 is 2.62 bits per heavy atom. The van der Waals surface area contributed by atoms with Crippen molar-refractivity contribution < 1.29 is 22.4 Å². The largest absolute Gasteiger partial charge is 0.419 e. The van der Waals surface area contributed by atoms with Crippen molar-refractivity contribution >= 4 is 28.2 Å². The summed E-state index contributed by atoms with van der Waals surface area (Å²) in [5.74, 6) is -1.35. The van der Waals surface area contributed by atoms with E-state index in [1.807, 2.05) is 37.2 Å². The number of pyridine rings is 1. The Hall–Kier alpha value is -4.25. The highest BCUT2D eigenvalue weighted by Crippen LogP contribution is 2.39. The van der Waals surface area contributed by atoms with Crippen LogP contribution in [0.2, 0.25) is 0 Å². The number of amides is 1. The summed E-state index contributed by atoms with van der Waals surface area (Å²) in [5, 5.41) is 12.5. The van der Waals surface area contributed by atoms with E-state index in [1.54, 1.807) is 31.5 Å². The summed E-state index contributed by atoms with van der Waals surface area (Å²) in [6.07, 6.45) is -0.880. The predicted octanol–water partition coefficient (Wildman–Crippen LogP) is 5.62. The van der Waals surface area contributed by atoms with Gasteiger partial charge in [0.1, 0.15) is 17.7 Å². The molecule has 0 radical (unpaired) electrons. The van der Waals surface area contributed by atoms with Crippen molar-refractivity contribution in [1.82, 2.24) is 19.7 Å². The maximum Gasteiger partial charge on any atom is 0.419 e. The smallest absolute Gasteiger partial charge is 0.344 e. The molecule has 4 aromatic rings. The Bertz CT molecular complexity index is 1590. The molecule has 0 aliphatic carbocycles.